The molecule has 8 nitrogen and oxygen atoms in total. The molecule has 0 spiro atoms. The number of allylic oxidation sites excluding steroid dienone is 4. The van der Waals surface area contributed by atoms with Crippen LogP contribution in [0.15, 0.2) is 24.3 Å². The number of carbonyl (C=O) groups is 1. The summed E-state index contributed by atoms with van der Waals surface area (Å²) in [4.78, 5) is 22.2. The highest BCUT2D eigenvalue weighted by Crippen LogP contribution is 2.43. The number of ether oxygens (including phenoxy) is 2. The van der Waals surface area contributed by atoms with Gasteiger partial charge in [-0.2, -0.15) is 0 Å². The minimum absolute atomic E-state index is 0.0975. The van der Waals surface area contributed by atoms with Crippen LogP contribution >= 0.6 is 7.82 Å². The molecule has 0 saturated heterocycles. The molecule has 0 rings (SSSR count). The monoisotopic (exact) mass is 589 g/mol. The second-order valence-corrected chi connectivity index (χ2v) is 11.8. The number of carbonyl (C=O) groups excluding carboxylic acids is 1. The van der Waals surface area contributed by atoms with Gasteiger partial charge in [-0.15, -0.1) is 0 Å². The van der Waals surface area contributed by atoms with Crippen molar-refractivity contribution in [3.8, 4) is 0 Å². The van der Waals surface area contributed by atoms with E-state index in [1.54, 1.807) is 0 Å². The van der Waals surface area contributed by atoms with E-state index in [2.05, 4.69) is 38.2 Å². The fraction of sp³-hybridized carbons (Fsp3) is 0.839. The van der Waals surface area contributed by atoms with Crippen molar-refractivity contribution in [2.75, 3.05) is 33.0 Å². The van der Waals surface area contributed by atoms with Crippen LogP contribution in [0.5, 0.6) is 0 Å². The van der Waals surface area contributed by atoms with Crippen molar-refractivity contribution >= 4 is 13.8 Å². The van der Waals surface area contributed by atoms with Crippen molar-refractivity contribution in [1.29, 1.82) is 0 Å². The summed E-state index contributed by atoms with van der Waals surface area (Å²) in [5.41, 5.74) is 5.32. The molecule has 0 bridgehead atoms. The van der Waals surface area contributed by atoms with Crippen LogP contribution in [-0.2, 0) is 27.9 Å². The maximum absolute atomic E-state index is 12.4. The molecule has 0 aliphatic carbocycles. The van der Waals surface area contributed by atoms with E-state index in [9.17, 15) is 14.3 Å². The Hall–Kier alpha value is -1.02. The van der Waals surface area contributed by atoms with E-state index in [0.29, 0.717) is 13.0 Å². The van der Waals surface area contributed by atoms with Gasteiger partial charge in [-0.05, 0) is 38.5 Å². The van der Waals surface area contributed by atoms with Crippen LogP contribution in [0.2, 0.25) is 0 Å². The molecule has 9 heteroatoms. The number of hydrogen-bond acceptors (Lipinski definition) is 7. The number of phosphoric acid groups is 1. The zero-order valence-electron chi connectivity index (χ0n) is 25.6. The lowest BCUT2D eigenvalue weighted by atomic mass is 10.1. The molecule has 0 aliphatic heterocycles. The van der Waals surface area contributed by atoms with E-state index in [4.69, 9.17) is 24.3 Å². The molecule has 0 fully saturated rings. The average Bonchev–Trinajstić information content (AvgIpc) is 2.94. The van der Waals surface area contributed by atoms with Gasteiger partial charge < -0.3 is 20.1 Å². The highest BCUT2D eigenvalue weighted by Gasteiger charge is 2.25. The highest BCUT2D eigenvalue weighted by atomic mass is 31.2. The summed E-state index contributed by atoms with van der Waals surface area (Å²) in [6, 6.07) is 0. The van der Waals surface area contributed by atoms with Crippen molar-refractivity contribution in [2.24, 2.45) is 5.73 Å². The van der Waals surface area contributed by atoms with Crippen LogP contribution in [0.4, 0.5) is 0 Å². The van der Waals surface area contributed by atoms with E-state index in [1.807, 2.05) is 0 Å². The van der Waals surface area contributed by atoms with Crippen molar-refractivity contribution in [2.45, 2.75) is 136 Å². The molecule has 2 atom stereocenters. The Bertz CT molecular complexity index is 672. The van der Waals surface area contributed by atoms with Gasteiger partial charge in [0.15, 0.2) is 0 Å². The number of phosphoric ester groups is 1. The summed E-state index contributed by atoms with van der Waals surface area (Å²) in [5.74, 6) is -0.348. The van der Waals surface area contributed by atoms with Gasteiger partial charge in [-0.3, -0.25) is 13.8 Å². The van der Waals surface area contributed by atoms with Gasteiger partial charge in [0.2, 0.25) is 0 Å². The Kier molecular flexibility index (Phi) is 28.7. The lowest BCUT2D eigenvalue weighted by molar-refractivity contribution is -0.154. The first kappa shape index (κ1) is 39.0. The Morgan fingerprint density at radius 1 is 0.750 bits per heavy atom. The van der Waals surface area contributed by atoms with Crippen molar-refractivity contribution in [1.82, 2.24) is 0 Å². The summed E-state index contributed by atoms with van der Waals surface area (Å²) in [5, 5.41) is 0. The summed E-state index contributed by atoms with van der Waals surface area (Å²) in [7, 11) is -4.26. The number of rotatable bonds is 30. The van der Waals surface area contributed by atoms with Crippen LogP contribution in [0, 0.1) is 0 Å². The molecule has 40 heavy (non-hydrogen) atoms. The number of unbranched alkanes of at least 4 members (excludes halogenated alkanes) is 13. The molecule has 0 aromatic rings. The molecule has 0 aromatic carbocycles. The lowest BCUT2D eigenvalue weighted by Gasteiger charge is -2.20. The summed E-state index contributed by atoms with van der Waals surface area (Å²) >= 11 is 0. The second-order valence-electron chi connectivity index (χ2n) is 10.3. The van der Waals surface area contributed by atoms with Gasteiger partial charge in [-0.25, -0.2) is 4.57 Å². The highest BCUT2D eigenvalue weighted by molar-refractivity contribution is 7.47. The van der Waals surface area contributed by atoms with Gasteiger partial charge in [0.1, 0.15) is 6.10 Å². The minimum atomic E-state index is -4.26. The van der Waals surface area contributed by atoms with E-state index >= 15 is 0 Å². The minimum Gasteiger partial charge on any atom is -0.457 e. The van der Waals surface area contributed by atoms with E-state index in [0.717, 1.165) is 57.8 Å². The van der Waals surface area contributed by atoms with Crippen molar-refractivity contribution in [3.63, 3.8) is 0 Å². The van der Waals surface area contributed by atoms with Gasteiger partial charge in [0.05, 0.1) is 19.8 Å². The molecular formula is C31H60NO7P. The van der Waals surface area contributed by atoms with E-state index in [1.165, 1.54) is 51.4 Å². The van der Waals surface area contributed by atoms with Crippen LogP contribution in [-0.4, -0.2) is 49.9 Å². The Morgan fingerprint density at radius 2 is 1.35 bits per heavy atom. The maximum atomic E-state index is 12.4. The number of hydrogen-bond donors (Lipinski definition) is 2. The lowest BCUT2D eigenvalue weighted by Crippen LogP contribution is -2.28. The normalized spacial score (nSPS) is 14.2. The van der Waals surface area contributed by atoms with Crippen molar-refractivity contribution < 1.29 is 32.8 Å². The molecule has 3 N–H and O–H groups in total. The first-order valence-electron chi connectivity index (χ1n) is 15.8. The van der Waals surface area contributed by atoms with Gasteiger partial charge in [-0.1, -0.05) is 109 Å². The molecule has 0 aliphatic rings. The van der Waals surface area contributed by atoms with Crippen LogP contribution < -0.4 is 5.73 Å². The third-order valence-corrected chi connectivity index (χ3v) is 7.36. The van der Waals surface area contributed by atoms with Gasteiger partial charge in [0.25, 0.3) is 0 Å². The molecule has 0 radical (unpaired) electrons. The number of esters is 1. The smallest absolute Gasteiger partial charge is 0.457 e. The first-order chi connectivity index (χ1) is 19.4. The topological polar surface area (TPSA) is 117 Å². The predicted molar refractivity (Wildman–Crippen MR) is 164 cm³/mol. The molecule has 0 aromatic heterocycles. The van der Waals surface area contributed by atoms with Crippen LogP contribution in [0.3, 0.4) is 0 Å². The zero-order chi connectivity index (χ0) is 29.6. The van der Waals surface area contributed by atoms with Crippen LogP contribution in [0.25, 0.3) is 0 Å². The summed E-state index contributed by atoms with van der Waals surface area (Å²) < 4.78 is 33.0. The first-order valence-corrected chi connectivity index (χ1v) is 17.3. The molecule has 0 saturated carbocycles. The van der Waals surface area contributed by atoms with Gasteiger partial charge >= 0.3 is 13.8 Å². The quantitative estimate of drug-likeness (QED) is 0.0373. The molecule has 0 amide bonds. The van der Waals surface area contributed by atoms with E-state index in [-0.39, 0.29) is 32.3 Å². The SMILES string of the molecule is CCCC/C=C\C/C=C\CCCCCCCC(=O)OC(COCCCCCCCCC)COP(=O)(O)OCCN. The van der Waals surface area contributed by atoms with E-state index < -0.39 is 13.9 Å². The average molecular weight is 590 g/mol. The zero-order valence-corrected chi connectivity index (χ0v) is 26.5. The molecule has 2 unspecified atom stereocenters. The molecule has 236 valence electrons. The Labute approximate surface area is 245 Å². The fourth-order valence-electron chi connectivity index (χ4n) is 4.01. The number of nitrogens with two attached hydrogens (primary N) is 1. The standard InChI is InChI=1S/C31H60NO7P/c1-3-5-7-9-11-12-13-14-15-16-17-18-20-22-24-31(33)39-30(29-38-40(34,35)37-27-25-32)28-36-26-23-21-19-10-8-6-4-2/h9,11,13-14,30H,3-8,10,12,15-29,32H2,1-2H3,(H,34,35)/b11-9-,14-13-. The summed E-state index contributed by atoms with van der Waals surface area (Å²) in [6.45, 7) is 4.80. The Morgan fingerprint density at radius 3 is 2.02 bits per heavy atom. The maximum Gasteiger partial charge on any atom is 0.472 e. The predicted octanol–water partition coefficient (Wildman–Crippen LogP) is 8.18. The van der Waals surface area contributed by atoms with Gasteiger partial charge in [0, 0.05) is 19.6 Å². The van der Waals surface area contributed by atoms with Crippen molar-refractivity contribution in [3.05, 3.63) is 24.3 Å². The van der Waals surface area contributed by atoms with Crippen LogP contribution in [0.1, 0.15) is 129 Å². The molecule has 0 heterocycles. The second kappa shape index (κ2) is 29.5. The summed E-state index contributed by atoms with van der Waals surface area (Å²) in [6.07, 6.45) is 27.6. The third kappa shape index (κ3) is 28.5. The Balaban J connectivity index is 4.16. The molecular weight excluding hydrogens is 529 g/mol. The third-order valence-electron chi connectivity index (χ3n) is 6.37. The fourth-order valence-corrected chi connectivity index (χ4v) is 4.78. The largest absolute Gasteiger partial charge is 0.472 e.